The molecule has 5 rings (SSSR count). The third-order valence-electron chi connectivity index (χ3n) is 5.57. The Morgan fingerprint density at radius 2 is 1.43 bits per heavy atom. The van der Waals surface area contributed by atoms with Crippen molar-refractivity contribution >= 4 is 22.7 Å². The van der Waals surface area contributed by atoms with Crippen molar-refractivity contribution in [2.45, 2.75) is 6.18 Å². The van der Waals surface area contributed by atoms with Gasteiger partial charge >= 0.3 is 6.18 Å². The third kappa shape index (κ3) is 2.81. The second-order valence-electron chi connectivity index (χ2n) is 7.27. The number of alkyl halides is 3. The summed E-state index contributed by atoms with van der Waals surface area (Å²) in [6.45, 7) is 2.61. The molecule has 5 heterocycles. The number of hydrogen-bond donors (Lipinski definition) is 0. The van der Waals surface area contributed by atoms with Crippen LogP contribution in [0.5, 0.6) is 0 Å². The van der Waals surface area contributed by atoms with E-state index in [-0.39, 0.29) is 17.7 Å². The fourth-order valence-electron chi connectivity index (χ4n) is 4.34. The summed E-state index contributed by atoms with van der Waals surface area (Å²) in [5.74, 6) is 1.41. The van der Waals surface area contributed by atoms with Crippen LogP contribution in [0, 0.1) is 11.8 Å². The van der Waals surface area contributed by atoms with Gasteiger partial charge < -0.3 is 9.80 Å². The molecule has 0 aliphatic carbocycles. The quantitative estimate of drug-likeness (QED) is 0.675. The lowest BCUT2D eigenvalue weighted by atomic mass is 10.0. The van der Waals surface area contributed by atoms with E-state index in [0.717, 1.165) is 30.4 Å². The molecule has 9 heteroatoms. The molecule has 2 saturated heterocycles. The van der Waals surface area contributed by atoms with Crippen molar-refractivity contribution in [1.82, 2.24) is 19.9 Å². The van der Waals surface area contributed by atoms with E-state index < -0.39 is 11.7 Å². The van der Waals surface area contributed by atoms with Crippen LogP contribution in [0.15, 0.2) is 43.0 Å². The molecule has 2 aliphatic heterocycles. The van der Waals surface area contributed by atoms with Crippen LogP contribution in [0.1, 0.15) is 5.56 Å². The molecule has 3 aromatic rings. The normalized spacial score (nSPS) is 22.1. The molecule has 0 saturated carbocycles. The predicted octanol–water partition coefficient (Wildman–Crippen LogP) is 3.01. The summed E-state index contributed by atoms with van der Waals surface area (Å²) < 4.78 is 40.0. The molecule has 0 radical (unpaired) electrons. The molecule has 2 aliphatic rings. The Hall–Kier alpha value is -2.97. The van der Waals surface area contributed by atoms with Crippen LogP contribution in [0.4, 0.5) is 24.8 Å². The largest absolute Gasteiger partial charge is 0.419 e. The Labute approximate surface area is 159 Å². The first-order chi connectivity index (χ1) is 13.5. The fourth-order valence-corrected chi connectivity index (χ4v) is 4.34. The highest BCUT2D eigenvalue weighted by atomic mass is 19.4. The fraction of sp³-hybridized carbons (Fsp3) is 0.368. The van der Waals surface area contributed by atoms with Crippen molar-refractivity contribution in [2.24, 2.45) is 11.8 Å². The molecule has 144 valence electrons. The summed E-state index contributed by atoms with van der Waals surface area (Å²) in [7, 11) is 0. The van der Waals surface area contributed by atoms with Gasteiger partial charge in [-0.05, 0) is 24.3 Å². The first-order valence-corrected chi connectivity index (χ1v) is 9.08. The maximum Gasteiger partial charge on any atom is 0.419 e. The molecule has 0 amide bonds. The lowest BCUT2D eigenvalue weighted by Crippen LogP contribution is -2.31. The minimum absolute atomic E-state index is 0.0348. The van der Waals surface area contributed by atoms with E-state index in [1.54, 1.807) is 11.1 Å². The number of hydrogen-bond acceptors (Lipinski definition) is 6. The van der Waals surface area contributed by atoms with Crippen LogP contribution in [0.25, 0.3) is 11.0 Å². The molecule has 2 unspecified atom stereocenters. The number of nitrogens with zero attached hydrogens (tertiary/aromatic N) is 6. The zero-order valence-corrected chi connectivity index (χ0v) is 14.8. The minimum atomic E-state index is -4.40. The Balaban J connectivity index is 1.38. The van der Waals surface area contributed by atoms with E-state index in [0.29, 0.717) is 18.7 Å². The van der Waals surface area contributed by atoms with Gasteiger partial charge in [-0.1, -0.05) is 0 Å². The maximum absolute atomic E-state index is 13.3. The van der Waals surface area contributed by atoms with Gasteiger partial charge in [0, 0.05) is 50.4 Å². The van der Waals surface area contributed by atoms with Gasteiger partial charge in [0.2, 0.25) is 0 Å². The van der Waals surface area contributed by atoms with Crippen molar-refractivity contribution in [1.29, 1.82) is 0 Å². The van der Waals surface area contributed by atoms with Crippen LogP contribution in [-0.2, 0) is 6.18 Å². The second-order valence-corrected chi connectivity index (χ2v) is 7.27. The summed E-state index contributed by atoms with van der Waals surface area (Å²) in [6.07, 6.45) is 0.223. The van der Waals surface area contributed by atoms with Gasteiger partial charge in [0.25, 0.3) is 0 Å². The monoisotopic (exact) mass is 386 g/mol. The molecule has 6 nitrogen and oxygen atoms in total. The zero-order valence-electron chi connectivity index (χ0n) is 14.8. The highest BCUT2D eigenvalue weighted by molar-refractivity contribution is 5.86. The highest BCUT2D eigenvalue weighted by Crippen LogP contribution is 2.40. The summed E-state index contributed by atoms with van der Waals surface area (Å²) in [5.41, 5.74) is -0.0193. The topological polar surface area (TPSA) is 58.0 Å². The first kappa shape index (κ1) is 17.2. The number of aromatic nitrogens is 4. The van der Waals surface area contributed by atoms with Crippen LogP contribution in [0.2, 0.25) is 0 Å². The molecule has 3 aromatic heterocycles. The van der Waals surface area contributed by atoms with Gasteiger partial charge in [-0.15, -0.1) is 0 Å². The van der Waals surface area contributed by atoms with Crippen molar-refractivity contribution in [2.75, 3.05) is 36.0 Å². The van der Waals surface area contributed by atoms with E-state index in [9.17, 15) is 13.2 Å². The van der Waals surface area contributed by atoms with Gasteiger partial charge in [0.05, 0.1) is 10.9 Å². The predicted molar refractivity (Wildman–Crippen MR) is 98.0 cm³/mol. The maximum atomic E-state index is 13.3. The Bertz CT molecular complexity index is 1000. The summed E-state index contributed by atoms with van der Waals surface area (Å²) in [5, 5.41) is 0.894. The average molecular weight is 386 g/mol. The second kappa shape index (κ2) is 6.29. The molecular weight excluding hydrogens is 369 g/mol. The van der Waals surface area contributed by atoms with Gasteiger partial charge in [0.1, 0.15) is 18.0 Å². The van der Waals surface area contributed by atoms with Crippen LogP contribution in [0.3, 0.4) is 0 Å². The number of halogens is 3. The smallest absolute Gasteiger partial charge is 0.355 e. The molecule has 2 fully saturated rings. The minimum Gasteiger partial charge on any atom is -0.355 e. The van der Waals surface area contributed by atoms with Crippen molar-refractivity contribution in [3.05, 3.63) is 48.5 Å². The summed E-state index contributed by atoms with van der Waals surface area (Å²) in [4.78, 5) is 20.9. The van der Waals surface area contributed by atoms with Crippen molar-refractivity contribution < 1.29 is 13.2 Å². The molecule has 2 atom stereocenters. The number of pyridine rings is 2. The lowest BCUT2D eigenvalue weighted by Gasteiger charge is -2.25. The van der Waals surface area contributed by atoms with E-state index in [2.05, 4.69) is 24.8 Å². The number of anilines is 2. The molecule has 0 spiro atoms. The lowest BCUT2D eigenvalue weighted by molar-refractivity contribution is -0.137. The summed E-state index contributed by atoms with van der Waals surface area (Å²) in [6, 6.07) is 6.23. The molecular formula is C19H17F3N6. The summed E-state index contributed by atoms with van der Waals surface area (Å²) >= 11 is 0. The molecule has 28 heavy (non-hydrogen) atoms. The number of fused-ring (bicyclic) bond motifs is 2. The molecule has 0 N–H and O–H groups in total. The Kier molecular flexibility index (Phi) is 3.85. The zero-order chi connectivity index (χ0) is 19.3. The van der Waals surface area contributed by atoms with E-state index in [4.69, 9.17) is 0 Å². The van der Waals surface area contributed by atoms with E-state index in [1.807, 2.05) is 12.1 Å². The first-order valence-electron chi connectivity index (χ1n) is 9.08. The van der Waals surface area contributed by atoms with Gasteiger partial charge in [-0.3, -0.25) is 0 Å². The van der Waals surface area contributed by atoms with Gasteiger partial charge in [-0.2, -0.15) is 13.2 Å². The third-order valence-corrected chi connectivity index (χ3v) is 5.57. The highest BCUT2D eigenvalue weighted by Gasteiger charge is 2.44. The van der Waals surface area contributed by atoms with Gasteiger partial charge in [-0.25, -0.2) is 19.9 Å². The Morgan fingerprint density at radius 1 is 0.786 bits per heavy atom. The molecule has 0 aromatic carbocycles. The molecule has 0 bridgehead atoms. The average Bonchev–Trinajstić information content (AvgIpc) is 3.26. The van der Waals surface area contributed by atoms with Crippen molar-refractivity contribution in [3.63, 3.8) is 0 Å². The van der Waals surface area contributed by atoms with Gasteiger partial charge in [0.15, 0.2) is 5.65 Å². The standard InChI is InChI=1S/C19H17F3N6/c20-19(21,22)15-4-2-6-24-18(15)28-9-12-7-27(8-13(12)10-28)17-14-3-1-5-23-16(14)25-11-26-17/h1-6,11-13H,7-10H2. The van der Waals surface area contributed by atoms with E-state index in [1.165, 1.54) is 18.6 Å². The Morgan fingerprint density at radius 3 is 2.14 bits per heavy atom. The number of rotatable bonds is 2. The van der Waals surface area contributed by atoms with Crippen LogP contribution < -0.4 is 9.80 Å². The SMILES string of the molecule is FC(F)(F)c1cccnc1N1CC2CN(c3ncnc4ncccc34)CC2C1. The van der Waals surface area contributed by atoms with Crippen LogP contribution >= 0.6 is 0 Å². The van der Waals surface area contributed by atoms with Crippen LogP contribution in [-0.4, -0.2) is 46.1 Å². The van der Waals surface area contributed by atoms with E-state index >= 15 is 0 Å². The van der Waals surface area contributed by atoms with Crippen molar-refractivity contribution in [3.8, 4) is 0 Å².